The Morgan fingerprint density at radius 2 is 1.90 bits per heavy atom. The summed E-state index contributed by atoms with van der Waals surface area (Å²) in [5, 5.41) is 4.18. The molecule has 0 amide bonds. The Balaban J connectivity index is 1.64. The summed E-state index contributed by atoms with van der Waals surface area (Å²) in [5.74, 6) is 1.63. The molecular weight excluding hydrogens is 392 g/mol. The van der Waals surface area contributed by atoms with Gasteiger partial charge in [-0.05, 0) is 30.2 Å². The van der Waals surface area contributed by atoms with Gasteiger partial charge in [-0.15, -0.1) is 0 Å². The minimum Gasteiger partial charge on any atom is -0.493 e. The Bertz CT molecular complexity index is 1050. The zero-order valence-electron chi connectivity index (χ0n) is 17.9. The predicted molar refractivity (Wildman–Crippen MR) is 124 cm³/mol. The van der Waals surface area contributed by atoms with E-state index in [1.165, 1.54) is 18.9 Å². The number of rotatable bonds is 11. The molecule has 0 atom stereocenters. The highest BCUT2D eigenvalue weighted by atomic mass is 16.5. The summed E-state index contributed by atoms with van der Waals surface area (Å²) in [5.41, 5.74) is 4.78. The van der Waals surface area contributed by atoms with Crippen LogP contribution in [0.1, 0.15) is 38.2 Å². The van der Waals surface area contributed by atoms with Gasteiger partial charge >= 0.3 is 0 Å². The number of nitrogens with zero attached hydrogens (tertiary/aromatic N) is 2. The molecule has 3 rings (SSSR count). The van der Waals surface area contributed by atoms with Crippen LogP contribution in [0.5, 0.6) is 11.5 Å². The van der Waals surface area contributed by atoms with Crippen LogP contribution in [0.2, 0.25) is 0 Å². The van der Waals surface area contributed by atoms with Crippen LogP contribution in [0, 0.1) is 0 Å². The topological polar surface area (TPSA) is 88.6 Å². The normalized spacial score (nSPS) is 10.9. The molecule has 0 spiro atoms. The molecule has 0 unspecified atom stereocenters. The van der Waals surface area contributed by atoms with Crippen LogP contribution in [-0.2, 0) is 0 Å². The molecule has 3 aromatic rings. The van der Waals surface area contributed by atoms with E-state index in [9.17, 15) is 4.79 Å². The van der Waals surface area contributed by atoms with Gasteiger partial charge in [0.2, 0.25) is 5.95 Å². The third-order valence-electron chi connectivity index (χ3n) is 4.64. The summed E-state index contributed by atoms with van der Waals surface area (Å²) in [7, 11) is 1.61. The second-order valence-electron chi connectivity index (χ2n) is 7.03. The van der Waals surface area contributed by atoms with Crippen LogP contribution in [0.25, 0.3) is 11.3 Å². The molecule has 0 aliphatic rings. The lowest BCUT2D eigenvalue weighted by Crippen LogP contribution is -2.10. The minimum absolute atomic E-state index is 0.256. The van der Waals surface area contributed by atoms with Crippen LogP contribution < -0.4 is 20.5 Å². The Kier molecular flexibility index (Phi) is 8.22. The molecule has 2 N–H and O–H groups in total. The van der Waals surface area contributed by atoms with Crippen molar-refractivity contribution in [2.24, 2.45) is 5.10 Å². The van der Waals surface area contributed by atoms with Crippen molar-refractivity contribution in [1.82, 2.24) is 9.97 Å². The monoisotopic (exact) mass is 420 g/mol. The second kappa shape index (κ2) is 11.5. The molecule has 7 heteroatoms. The smallest absolute Gasteiger partial charge is 0.252 e. The Morgan fingerprint density at radius 3 is 2.68 bits per heavy atom. The van der Waals surface area contributed by atoms with Crippen LogP contribution in [0.15, 0.2) is 64.5 Å². The lowest BCUT2D eigenvalue weighted by atomic mass is 10.1. The minimum atomic E-state index is -0.256. The van der Waals surface area contributed by atoms with Gasteiger partial charge in [-0.25, -0.2) is 10.4 Å². The van der Waals surface area contributed by atoms with Crippen LogP contribution in [0.3, 0.4) is 0 Å². The van der Waals surface area contributed by atoms with Crippen LogP contribution >= 0.6 is 0 Å². The van der Waals surface area contributed by atoms with E-state index in [1.807, 2.05) is 48.5 Å². The van der Waals surface area contributed by atoms with Gasteiger partial charge in [-0.3, -0.25) is 9.78 Å². The van der Waals surface area contributed by atoms with E-state index in [0.29, 0.717) is 23.8 Å². The number of hydrogen-bond donors (Lipinski definition) is 2. The van der Waals surface area contributed by atoms with Crippen molar-refractivity contribution in [1.29, 1.82) is 0 Å². The van der Waals surface area contributed by atoms with E-state index in [1.54, 1.807) is 13.3 Å². The first-order valence-corrected chi connectivity index (χ1v) is 10.5. The number of anilines is 1. The summed E-state index contributed by atoms with van der Waals surface area (Å²) in [6.45, 7) is 2.86. The third-order valence-corrected chi connectivity index (χ3v) is 4.64. The highest BCUT2D eigenvalue weighted by Crippen LogP contribution is 2.28. The summed E-state index contributed by atoms with van der Waals surface area (Å²) in [6, 6.07) is 16.6. The number of nitrogens with one attached hydrogen (secondary N) is 2. The second-order valence-corrected chi connectivity index (χ2v) is 7.03. The number of unbranched alkanes of at least 4 members (excludes halogenated alkanes) is 3. The van der Waals surface area contributed by atoms with Gasteiger partial charge < -0.3 is 9.47 Å². The number of aromatic amines is 1. The molecule has 31 heavy (non-hydrogen) atoms. The first-order chi connectivity index (χ1) is 15.2. The van der Waals surface area contributed by atoms with E-state index in [-0.39, 0.29) is 11.5 Å². The van der Waals surface area contributed by atoms with Crippen molar-refractivity contribution < 1.29 is 9.47 Å². The van der Waals surface area contributed by atoms with E-state index in [2.05, 4.69) is 27.4 Å². The molecule has 0 fully saturated rings. The van der Waals surface area contributed by atoms with Crippen molar-refractivity contribution in [3.8, 4) is 22.8 Å². The van der Waals surface area contributed by atoms with Gasteiger partial charge in [0.15, 0.2) is 11.5 Å². The molecule has 7 nitrogen and oxygen atoms in total. The molecule has 0 radical (unpaired) electrons. The fourth-order valence-corrected chi connectivity index (χ4v) is 3.03. The molecule has 0 saturated heterocycles. The number of ether oxygens (including phenoxy) is 2. The Hall–Kier alpha value is -3.61. The standard InChI is InChI=1S/C24H28N4O3/c1-3-4-5-9-14-31-21-13-12-18(15-22(21)30-2)17-25-28-24-26-20(16-23(29)27-24)19-10-7-6-8-11-19/h6-8,10-13,15-17H,3-5,9,14H2,1-2H3,(H2,26,27,28,29)/b25-17+. The lowest BCUT2D eigenvalue weighted by Gasteiger charge is -2.11. The number of benzene rings is 2. The fourth-order valence-electron chi connectivity index (χ4n) is 3.03. The highest BCUT2D eigenvalue weighted by molar-refractivity contribution is 5.81. The summed E-state index contributed by atoms with van der Waals surface area (Å²) in [4.78, 5) is 19.0. The molecule has 1 aromatic heterocycles. The summed E-state index contributed by atoms with van der Waals surface area (Å²) in [6.07, 6.45) is 6.24. The van der Waals surface area contributed by atoms with E-state index < -0.39 is 0 Å². The van der Waals surface area contributed by atoms with Gasteiger partial charge in [-0.2, -0.15) is 5.10 Å². The van der Waals surface area contributed by atoms with Gasteiger partial charge in [0.05, 0.1) is 25.6 Å². The molecule has 0 aliphatic heterocycles. The average molecular weight is 421 g/mol. The number of H-pyrrole nitrogens is 1. The molecule has 162 valence electrons. The summed E-state index contributed by atoms with van der Waals surface area (Å²) >= 11 is 0. The molecule has 0 bridgehead atoms. The third kappa shape index (κ3) is 6.70. The summed E-state index contributed by atoms with van der Waals surface area (Å²) < 4.78 is 11.3. The average Bonchev–Trinajstić information content (AvgIpc) is 2.79. The molecular formula is C24H28N4O3. The lowest BCUT2D eigenvalue weighted by molar-refractivity contribution is 0.285. The van der Waals surface area contributed by atoms with Gasteiger partial charge in [0.25, 0.3) is 5.56 Å². The van der Waals surface area contributed by atoms with Crippen LogP contribution in [0.4, 0.5) is 5.95 Å². The first kappa shape index (κ1) is 22.1. The highest BCUT2D eigenvalue weighted by Gasteiger charge is 2.06. The van der Waals surface area contributed by atoms with Gasteiger partial charge in [0, 0.05) is 11.6 Å². The van der Waals surface area contributed by atoms with E-state index in [4.69, 9.17) is 9.47 Å². The fraction of sp³-hybridized carbons (Fsp3) is 0.292. The molecule has 0 aliphatic carbocycles. The molecule has 0 saturated carbocycles. The zero-order valence-corrected chi connectivity index (χ0v) is 17.9. The quantitative estimate of drug-likeness (QED) is 0.263. The largest absolute Gasteiger partial charge is 0.493 e. The van der Waals surface area contributed by atoms with Gasteiger partial charge in [0.1, 0.15) is 0 Å². The maximum Gasteiger partial charge on any atom is 0.252 e. The van der Waals surface area contributed by atoms with Crippen molar-refractivity contribution in [2.45, 2.75) is 32.6 Å². The molecule has 1 heterocycles. The van der Waals surface area contributed by atoms with Crippen molar-refractivity contribution in [3.05, 3.63) is 70.5 Å². The number of hydrazone groups is 1. The maximum atomic E-state index is 12.0. The first-order valence-electron chi connectivity index (χ1n) is 10.5. The van der Waals surface area contributed by atoms with Gasteiger partial charge in [-0.1, -0.05) is 56.5 Å². The zero-order chi connectivity index (χ0) is 21.9. The van der Waals surface area contributed by atoms with Crippen molar-refractivity contribution in [3.63, 3.8) is 0 Å². The number of hydrogen-bond acceptors (Lipinski definition) is 6. The number of methoxy groups -OCH3 is 1. The van der Waals surface area contributed by atoms with Crippen molar-refractivity contribution >= 4 is 12.2 Å². The maximum absolute atomic E-state index is 12.0. The number of aromatic nitrogens is 2. The van der Waals surface area contributed by atoms with E-state index >= 15 is 0 Å². The van der Waals surface area contributed by atoms with E-state index in [0.717, 1.165) is 24.0 Å². The van der Waals surface area contributed by atoms with Crippen molar-refractivity contribution in [2.75, 3.05) is 19.1 Å². The Morgan fingerprint density at radius 1 is 1.06 bits per heavy atom. The molecule has 2 aromatic carbocycles. The predicted octanol–water partition coefficient (Wildman–Crippen LogP) is 4.85. The Labute approximate surface area is 182 Å². The van der Waals surface area contributed by atoms with Crippen LogP contribution in [-0.4, -0.2) is 29.9 Å². The SMILES string of the molecule is CCCCCCOc1ccc(/C=N/Nc2nc(-c3ccccc3)cc(=O)[nH]2)cc1OC.